The molecule has 1 aliphatic carbocycles. The summed E-state index contributed by atoms with van der Waals surface area (Å²) in [5.74, 6) is -0.169. The van der Waals surface area contributed by atoms with Crippen LogP contribution in [0, 0.1) is 5.41 Å². The first kappa shape index (κ1) is 15.8. The van der Waals surface area contributed by atoms with Gasteiger partial charge in [0.2, 0.25) is 0 Å². The van der Waals surface area contributed by atoms with Gasteiger partial charge in [-0.2, -0.15) is 0 Å². The van der Waals surface area contributed by atoms with Gasteiger partial charge in [-0.1, -0.05) is 19.3 Å². The lowest BCUT2D eigenvalue weighted by molar-refractivity contribution is -0.148. The molecule has 0 aromatic heterocycles. The average molecular weight is 282 g/mol. The van der Waals surface area contributed by atoms with Crippen molar-refractivity contribution in [3.63, 3.8) is 0 Å². The second-order valence-corrected chi connectivity index (χ2v) is 6.91. The second kappa shape index (κ2) is 6.44. The molecule has 4 heteroatoms. The molecule has 0 aromatic rings. The maximum absolute atomic E-state index is 11.9. The van der Waals surface area contributed by atoms with Crippen molar-refractivity contribution < 1.29 is 9.53 Å². The second-order valence-electron chi connectivity index (χ2n) is 6.91. The van der Waals surface area contributed by atoms with E-state index in [1.165, 1.54) is 52.1 Å². The summed E-state index contributed by atoms with van der Waals surface area (Å²) in [6.07, 6.45) is 9.68. The van der Waals surface area contributed by atoms with Crippen LogP contribution in [0.1, 0.15) is 51.9 Å². The molecule has 2 fully saturated rings. The third-order valence-corrected chi connectivity index (χ3v) is 5.56. The maximum atomic E-state index is 11.9. The Hall–Kier alpha value is -0.610. The number of esters is 1. The third kappa shape index (κ3) is 3.34. The Labute approximate surface area is 123 Å². The Bertz CT molecular complexity index is 329. The molecule has 1 unspecified atom stereocenters. The quantitative estimate of drug-likeness (QED) is 0.803. The average Bonchev–Trinajstić information content (AvgIpc) is 2.50. The largest absolute Gasteiger partial charge is 0.468 e. The summed E-state index contributed by atoms with van der Waals surface area (Å²) in [4.78, 5) is 14.3. The number of likely N-dealkylation sites (N-methyl/N-ethyl adjacent to an activating group) is 1. The van der Waals surface area contributed by atoms with Gasteiger partial charge in [0.25, 0.3) is 0 Å². The van der Waals surface area contributed by atoms with Crippen LogP contribution >= 0.6 is 0 Å². The number of nitrogens with one attached hydrogen (secondary N) is 1. The van der Waals surface area contributed by atoms with Crippen molar-refractivity contribution in [2.75, 3.05) is 33.8 Å². The van der Waals surface area contributed by atoms with E-state index in [-0.39, 0.29) is 5.97 Å². The van der Waals surface area contributed by atoms with Crippen LogP contribution in [0.5, 0.6) is 0 Å². The van der Waals surface area contributed by atoms with Crippen molar-refractivity contribution in [1.82, 2.24) is 10.2 Å². The first-order valence-corrected chi connectivity index (χ1v) is 8.03. The highest BCUT2D eigenvalue weighted by atomic mass is 16.5. The predicted molar refractivity (Wildman–Crippen MR) is 80.7 cm³/mol. The van der Waals surface area contributed by atoms with Crippen LogP contribution < -0.4 is 5.32 Å². The lowest BCUT2D eigenvalue weighted by atomic mass is 9.68. The Balaban J connectivity index is 1.88. The molecule has 1 spiro atoms. The van der Waals surface area contributed by atoms with Gasteiger partial charge in [-0.05, 0) is 58.2 Å². The molecule has 0 bridgehead atoms. The van der Waals surface area contributed by atoms with E-state index in [2.05, 4.69) is 10.2 Å². The Kier molecular flexibility index (Phi) is 5.08. The number of rotatable bonds is 4. The zero-order valence-electron chi connectivity index (χ0n) is 13.3. The zero-order chi connectivity index (χ0) is 14.6. The highest BCUT2D eigenvalue weighted by molar-refractivity contribution is 5.80. The number of hydrogen-bond donors (Lipinski definition) is 1. The Morgan fingerprint density at radius 3 is 2.30 bits per heavy atom. The number of piperidine rings is 1. The van der Waals surface area contributed by atoms with Crippen LogP contribution in [0.15, 0.2) is 0 Å². The number of hydrogen-bond acceptors (Lipinski definition) is 4. The molecule has 0 aromatic carbocycles. The molecule has 1 heterocycles. The van der Waals surface area contributed by atoms with E-state index in [1.807, 2.05) is 14.0 Å². The minimum Gasteiger partial charge on any atom is -0.468 e. The fourth-order valence-electron chi connectivity index (χ4n) is 3.91. The van der Waals surface area contributed by atoms with E-state index in [1.54, 1.807) is 0 Å². The molecule has 0 amide bonds. The van der Waals surface area contributed by atoms with Crippen LogP contribution in [0.2, 0.25) is 0 Å². The number of carbonyl (C=O) groups excluding carboxylic acids is 1. The molecule has 4 nitrogen and oxygen atoms in total. The van der Waals surface area contributed by atoms with Crippen molar-refractivity contribution in [3.05, 3.63) is 0 Å². The van der Waals surface area contributed by atoms with Gasteiger partial charge in [-0.15, -0.1) is 0 Å². The summed E-state index contributed by atoms with van der Waals surface area (Å²) < 4.78 is 4.93. The van der Waals surface area contributed by atoms with Gasteiger partial charge in [-0.25, -0.2) is 0 Å². The van der Waals surface area contributed by atoms with E-state index in [0.29, 0.717) is 5.41 Å². The molecular weight excluding hydrogens is 252 g/mol. The van der Waals surface area contributed by atoms with Crippen molar-refractivity contribution in [3.8, 4) is 0 Å². The molecule has 20 heavy (non-hydrogen) atoms. The number of nitrogens with zero attached hydrogens (tertiary/aromatic N) is 1. The molecule has 2 aliphatic rings. The summed E-state index contributed by atoms with van der Waals surface area (Å²) >= 11 is 0. The van der Waals surface area contributed by atoms with Gasteiger partial charge >= 0.3 is 5.97 Å². The van der Waals surface area contributed by atoms with E-state index in [4.69, 9.17) is 4.74 Å². The predicted octanol–water partition coefficient (Wildman–Crippen LogP) is 2.18. The molecule has 1 saturated carbocycles. The number of likely N-dealkylation sites (tertiary alicyclic amines) is 1. The normalized spacial score (nSPS) is 26.1. The Morgan fingerprint density at radius 2 is 1.80 bits per heavy atom. The number of methoxy groups -OCH3 is 1. The zero-order valence-corrected chi connectivity index (χ0v) is 13.3. The van der Waals surface area contributed by atoms with Gasteiger partial charge in [0.1, 0.15) is 5.54 Å². The first-order valence-electron chi connectivity index (χ1n) is 8.03. The highest BCUT2D eigenvalue weighted by Crippen LogP contribution is 2.44. The van der Waals surface area contributed by atoms with E-state index in [9.17, 15) is 4.79 Å². The molecule has 116 valence electrons. The van der Waals surface area contributed by atoms with Crippen LogP contribution in [0.4, 0.5) is 0 Å². The van der Waals surface area contributed by atoms with Crippen LogP contribution in [-0.2, 0) is 9.53 Å². The van der Waals surface area contributed by atoms with Crippen LogP contribution in [0.3, 0.4) is 0 Å². The highest BCUT2D eigenvalue weighted by Gasteiger charge is 2.39. The molecule has 1 aliphatic heterocycles. The minimum absolute atomic E-state index is 0.169. The van der Waals surface area contributed by atoms with Gasteiger partial charge in [0.15, 0.2) is 0 Å². The fraction of sp³-hybridized carbons (Fsp3) is 0.938. The summed E-state index contributed by atoms with van der Waals surface area (Å²) in [6, 6.07) is 0. The van der Waals surface area contributed by atoms with E-state index in [0.717, 1.165) is 19.6 Å². The lowest BCUT2D eigenvalue weighted by Crippen LogP contribution is -2.57. The van der Waals surface area contributed by atoms with Crippen LogP contribution in [0.25, 0.3) is 0 Å². The SMILES string of the molecule is CNC(C)(CN1CCC2(CCCCC2)CC1)C(=O)OC. The summed E-state index contributed by atoms with van der Waals surface area (Å²) in [6.45, 7) is 4.92. The van der Waals surface area contributed by atoms with Gasteiger partial charge in [-0.3, -0.25) is 4.79 Å². The van der Waals surface area contributed by atoms with E-state index < -0.39 is 5.54 Å². The molecule has 0 radical (unpaired) electrons. The summed E-state index contributed by atoms with van der Waals surface area (Å²) in [7, 11) is 3.30. The minimum atomic E-state index is -0.591. The number of carbonyl (C=O) groups is 1. The maximum Gasteiger partial charge on any atom is 0.327 e. The van der Waals surface area contributed by atoms with Crippen molar-refractivity contribution in [2.45, 2.75) is 57.4 Å². The molecule has 1 saturated heterocycles. The number of ether oxygens (including phenoxy) is 1. The monoisotopic (exact) mass is 282 g/mol. The first-order chi connectivity index (χ1) is 9.53. The molecular formula is C16H30N2O2. The molecule has 2 rings (SSSR count). The Morgan fingerprint density at radius 1 is 1.20 bits per heavy atom. The molecule has 1 N–H and O–H groups in total. The van der Waals surface area contributed by atoms with E-state index >= 15 is 0 Å². The summed E-state index contributed by atoms with van der Waals surface area (Å²) in [5, 5.41) is 3.13. The topological polar surface area (TPSA) is 41.6 Å². The van der Waals surface area contributed by atoms with Crippen molar-refractivity contribution in [1.29, 1.82) is 0 Å². The summed E-state index contributed by atoms with van der Waals surface area (Å²) in [5.41, 5.74) is 0.0296. The van der Waals surface area contributed by atoms with Gasteiger partial charge < -0.3 is 15.0 Å². The van der Waals surface area contributed by atoms with Crippen molar-refractivity contribution >= 4 is 5.97 Å². The fourth-order valence-corrected chi connectivity index (χ4v) is 3.91. The smallest absolute Gasteiger partial charge is 0.327 e. The lowest BCUT2D eigenvalue weighted by Gasteiger charge is -2.45. The van der Waals surface area contributed by atoms with Crippen LogP contribution in [-0.4, -0.2) is 50.2 Å². The standard InChI is InChI=1S/C16H30N2O2/c1-15(17-2,14(19)20-3)13-18-11-9-16(10-12-18)7-5-4-6-8-16/h17H,4-13H2,1-3H3. The third-order valence-electron chi connectivity index (χ3n) is 5.56. The molecule has 1 atom stereocenters. The van der Waals surface area contributed by atoms with Gasteiger partial charge in [0, 0.05) is 6.54 Å². The van der Waals surface area contributed by atoms with Gasteiger partial charge in [0.05, 0.1) is 7.11 Å². The van der Waals surface area contributed by atoms with Crippen molar-refractivity contribution in [2.24, 2.45) is 5.41 Å².